The standard InChI is InChI=1S/C22H19N3O3S3/c26-21(18-9-4-12-25(18)31(27,28)20-11-5-13-29-20)23-16-7-3-6-15(14-16)22-24-17-8-1-2-10-19(17)30-22/h1-3,5-8,10-11,13-14,18H,4,9,12H2,(H,23,26). The van der Waals surface area contributed by atoms with Crippen molar-refractivity contribution in [3.63, 3.8) is 0 Å². The van der Waals surface area contributed by atoms with E-state index in [1.54, 1.807) is 28.8 Å². The molecule has 5 rings (SSSR count). The molecule has 3 heterocycles. The molecule has 2 aromatic carbocycles. The maximum atomic E-state index is 13.0. The molecule has 1 unspecified atom stereocenters. The highest BCUT2D eigenvalue weighted by Gasteiger charge is 2.39. The first-order valence-electron chi connectivity index (χ1n) is 9.84. The van der Waals surface area contributed by atoms with Gasteiger partial charge in [0.15, 0.2) is 0 Å². The van der Waals surface area contributed by atoms with Crippen LogP contribution in [0.25, 0.3) is 20.8 Å². The third kappa shape index (κ3) is 3.89. The van der Waals surface area contributed by atoms with Crippen LogP contribution in [0.4, 0.5) is 5.69 Å². The maximum Gasteiger partial charge on any atom is 0.253 e. The number of nitrogens with one attached hydrogen (secondary N) is 1. The van der Waals surface area contributed by atoms with Crippen LogP contribution in [0.15, 0.2) is 70.3 Å². The van der Waals surface area contributed by atoms with E-state index in [0.717, 1.165) is 20.8 Å². The van der Waals surface area contributed by atoms with E-state index in [-0.39, 0.29) is 10.1 Å². The van der Waals surface area contributed by atoms with E-state index in [4.69, 9.17) is 0 Å². The normalized spacial score (nSPS) is 17.2. The predicted octanol–water partition coefficient (Wildman–Crippen LogP) is 4.82. The summed E-state index contributed by atoms with van der Waals surface area (Å²) in [5.41, 5.74) is 2.48. The summed E-state index contributed by atoms with van der Waals surface area (Å²) >= 11 is 2.76. The zero-order chi connectivity index (χ0) is 21.4. The molecule has 0 spiro atoms. The van der Waals surface area contributed by atoms with Gasteiger partial charge in [-0.1, -0.05) is 30.3 Å². The first-order valence-corrected chi connectivity index (χ1v) is 13.0. The molecule has 9 heteroatoms. The largest absolute Gasteiger partial charge is 0.325 e. The van der Waals surface area contributed by atoms with Crippen LogP contribution in [-0.2, 0) is 14.8 Å². The van der Waals surface area contributed by atoms with E-state index in [2.05, 4.69) is 10.3 Å². The van der Waals surface area contributed by atoms with Crippen LogP contribution in [-0.4, -0.2) is 36.2 Å². The lowest BCUT2D eigenvalue weighted by molar-refractivity contribution is -0.119. The quantitative estimate of drug-likeness (QED) is 0.455. The smallest absolute Gasteiger partial charge is 0.253 e. The lowest BCUT2D eigenvalue weighted by Gasteiger charge is -2.22. The average molecular weight is 470 g/mol. The number of hydrogen-bond donors (Lipinski definition) is 1. The van der Waals surface area contributed by atoms with Crippen LogP contribution in [0.1, 0.15) is 12.8 Å². The number of carbonyl (C=O) groups excluding carboxylic acids is 1. The van der Waals surface area contributed by atoms with E-state index in [0.29, 0.717) is 25.1 Å². The van der Waals surface area contributed by atoms with Gasteiger partial charge in [0, 0.05) is 17.8 Å². The van der Waals surface area contributed by atoms with Gasteiger partial charge < -0.3 is 5.32 Å². The van der Waals surface area contributed by atoms with Gasteiger partial charge in [0.25, 0.3) is 10.0 Å². The summed E-state index contributed by atoms with van der Waals surface area (Å²) in [5.74, 6) is -0.306. The Hall–Kier alpha value is -2.59. The molecule has 31 heavy (non-hydrogen) atoms. The number of carbonyl (C=O) groups is 1. The minimum absolute atomic E-state index is 0.269. The molecule has 0 bridgehead atoms. The predicted molar refractivity (Wildman–Crippen MR) is 125 cm³/mol. The molecular weight excluding hydrogens is 450 g/mol. The fourth-order valence-electron chi connectivity index (χ4n) is 3.77. The van der Waals surface area contributed by atoms with Crippen molar-refractivity contribution in [2.24, 2.45) is 0 Å². The molecule has 1 saturated heterocycles. The number of nitrogens with zero attached hydrogens (tertiary/aromatic N) is 2. The molecule has 0 saturated carbocycles. The first kappa shape index (κ1) is 20.3. The summed E-state index contributed by atoms with van der Waals surface area (Å²) in [6, 6.07) is 18.0. The van der Waals surface area contributed by atoms with Gasteiger partial charge in [0.2, 0.25) is 5.91 Å². The molecule has 1 aliphatic heterocycles. The topological polar surface area (TPSA) is 79.4 Å². The molecule has 4 aromatic rings. The SMILES string of the molecule is O=C(Nc1cccc(-c2nc3ccccc3s2)c1)C1CCCN1S(=O)(=O)c1cccs1. The molecule has 1 aliphatic rings. The number of fused-ring (bicyclic) bond motifs is 1. The number of thiazole rings is 1. The highest BCUT2D eigenvalue weighted by molar-refractivity contribution is 7.91. The molecule has 2 aromatic heterocycles. The molecule has 1 amide bonds. The number of hydrogen-bond acceptors (Lipinski definition) is 6. The highest BCUT2D eigenvalue weighted by atomic mass is 32.2. The second-order valence-corrected chi connectivity index (χ2v) is 11.4. The van der Waals surface area contributed by atoms with Crippen LogP contribution >= 0.6 is 22.7 Å². The molecule has 158 valence electrons. The number of rotatable bonds is 5. The Balaban J connectivity index is 1.37. The van der Waals surface area contributed by atoms with E-state index in [1.807, 2.05) is 48.5 Å². The van der Waals surface area contributed by atoms with E-state index in [9.17, 15) is 13.2 Å². The van der Waals surface area contributed by atoms with Crippen LogP contribution in [0.3, 0.4) is 0 Å². The number of aromatic nitrogens is 1. The van der Waals surface area contributed by atoms with Crippen molar-refractivity contribution >= 4 is 54.5 Å². The summed E-state index contributed by atoms with van der Waals surface area (Å²) in [6.07, 6.45) is 1.17. The maximum absolute atomic E-state index is 13.0. The Morgan fingerprint density at radius 1 is 1.10 bits per heavy atom. The Bertz CT molecular complexity index is 1310. The van der Waals surface area contributed by atoms with Gasteiger partial charge in [0.1, 0.15) is 15.3 Å². The zero-order valence-corrected chi connectivity index (χ0v) is 18.8. The van der Waals surface area contributed by atoms with Gasteiger partial charge >= 0.3 is 0 Å². The molecule has 6 nitrogen and oxygen atoms in total. The van der Waals surface area contributed by atoms with Gasteiger partial charge in [-0.05, 0) is 48.6 Å². The number of para-hydroxylation sites is 1. The second kappa shape index (κ2) is 8.16. The fraction of sp³-hybridized carbons (Fsp3) is 0.182. The van der Waals surface area contributed by atoms with Crippen molar-refractivity contribution in [3.8, 4) is 10.6 Å². The van der Waals surface area contributed by atoms with E-state index >= 15 is 0 Å². The van der Waals surface area contributed by atoms with Crippen molar-refractivity contribution in [1.82, 2.24) is 9.29 Å². The Morgan fingerprint density at radius 3 is 2.77 bits per heavy atom. The molecule has 1 atom stereocenters. The van der Waals surface area contributed by atoms with Crippen molar-refractivity contribution in [1.29, 1.82) is 0 Å². The van der Waals surface area contributed by atoms with Crippen molar-refractivity contribution < 1.29 is 13.2 Å². The number of benzene rings is 2. The van der Waals surface area contributed by atoms with Gasteiger partial charge in [-0.3, -0.25) is 4.79 Å². The van der Waals surface area contributed by atoms with Crippen LogP contribution in [0.5, 0.6) is 0 Å². The van der Waals surface area contributed by atoms with Crippen molar-refractivity contribution in [2.75, 3.05) is 11.9 Å². The second-order valence-electron chi connectivity index (χ2n) is 7.26. The minimum Gasteiger partial charge on any atom is -0.325 e. The third-order valence-corrected chi connectivity index (χ3v) is 9.60. The number of thiophene rings is 1. The van der Waals surface area contributed by atoms with Crippen LogP contribution < -0.4 is 5.32 Å². The van der Waals surface area contributed by atoms with Gasteiger partial charge in [-0.2, -0.15) is 4.31 Å². The lowest BCUT2D eigenvalue weighted by atomic mass is 10.2. The summed E-state index contributed by atoms with van der Waals surface area (Å²) in [6.45, 7) is 0.351. The molecule has 1 N–H and O–H groups in total. The van der Waals surface area contributed by atoms with Crippen LogP contribution in [0, 0.1) is 0 Å². The van der Waals surface area contributed by atoms with Gasteiger partial charge in [0.05, 0.1) is 10.2 Å². The summed E-state index contributed by atoms with van der Waals surface area (Å²) in [4.78, 5) is 17.7. The van der Waals surface area contributed by atoms with E-state index in [1.165, 1.54) is 15.6 Å². The number of anilines is 1. The lowest BCUT2D eigenvalue weighted by Crippen LogP contribution is -2.42. The van der Waals surface area contributed by atoms with Crippen molar-refractivity contribution in [2.45, 2.75) is 23.1 Å². The monoisotopic (exact) mass is 469 g/mol. The summed E-state index contributed by atoms with van der Waals surface area (Å²) in [5, 5.41) is 5.51. The number of amides is 1. The summed E-state index contributed by atoms with van der Waals surface area (Å²) < 4.78 is 28.6. The number of sulfonamides is 1. The first-order chi connectivity index (χ1) is 15.0. The van der Waals surface area contributed by atoms with Gasteiger partial charge in [-0.25, -0.2) is 13.4 Å². The summed E-state index contributed by atoms with van der Waals surface area (Å²) in [7, 11) is -3.67. The molecule has 0 radical (unpaired) electrons. The zero-order valence-electron chi connectivity index (χ0n) is 16.4. The average Bonchev–Trinajstić information content (AvgIpc) is 3.54. The highest BCUT2D eigenvalue weighted by Crippen LogP contribution is 2.32. The minimum atomic E-state index is -3.67. The fourth-order valence-corrected chi connectivity index (χ4v) is 7.50. The van der Waals surface area contributed by atoms with Crippen molar-refractivity contribution in [3.05, 3.63) is 66.0 Å². The molecular formula is C22H19N3O3S3. The Labute approximate surface area is 188 Å². The Kier molecular flexibility index (Phi) is 5.35. The van der Waals surface area contributed by atoms with Crippen LogP contribution in [0.2, 0.25) is 0 Å². The molecule has 0 aliphatic carbocycles. The Morgan fingerprint density at radius 2 is 1.97 bits per heavy atom. The molecule has 1 fully saturated rings. The third-order valence-electron chi connectivity index (χ3n) is 5.24. The van der Waals surface area contributed by atoms with E-state index < -0.39 is 16.1 Å². The van der Waals surface area contributed by atoms with Gasteiger partial charge in [-0.15, -0.1) is 22.7 Å².